The molecular weight excluding hydrogens is 264 g/mol. The van der Waals surface area contributed by atoms with Crippen molar-refractivity contribution in [2.45, 2.75) is 19.8 Å². The Morgan fingerprint density at radius 3 is 2.68 bits per heavy atom. The van der Waals surface area contributed by atoms with Gasteiger partial charge < -0.3 is 15.0 Å². The molecule has 0 radical (unpaired) electrons. The first-order chi connectivity index (χ1) is 9.16. The van der Waals surface area contributed by atoms with Crippen molar-refractivity contribution in [1.29, 1.82) is 0 Å². The number of carbonyl (C=O) groups is 2. The van der Waals surface area contributed by atoms with Gasteiger partial charge in [-0.1, -0.05) is 0 Å². The second-order valence-corrected chi connectivity index (χ2v) is 5.25. The molecule has 2 heterocycles. The molecule has 0 spiro atoms. The minimum absolute atomic E-state index is 0.0282. The summed E-state index contributed by atoms with van der Waals surface area (Å²) < 4.78 is 5.19. The van der Waals surface area contributed by atoms with Gasteiger partial charge in [-0.25, -0.2) is 0 Å². The Morgan fingerprint density at radius 2 is 2.05 bits per heavy atom. The van der Waals surface area contributed by atoms with Gasteiger partial charge in [0.15, 0.2) is 0 Å². The predicted molar refractivity (Wildman–Crippen MR) is 74.3 cm³/mol. The van der Waals surface area contributed by atoms with E-state index < -0.39 is 0 Å². The van der Waals surface area contributed by atoms with Gasteiger partial charge in [0.25, 0.3) is 0 Å². The largest absolute Gasteiger partial charge is 0.378 e. The maximum Gasteiger partial charge on any atom is 0.224 e. The Kier molecular flexibility index (Phi) is 4.93. The zero-order valence-corrected chi connectivity index (χ0v) is 11.8. The maximum absolute atomic E-state index is 11.9. The lowest BCUT2D eigenvalue weighted by atomic mass is 10.2. The fourth-order valence-corrected chi connectivity index (χ4v) is 2.67. The lowest BCUT2D eigenvalue weighted by Crippen LogP contribution is -2.40. The summed E-state index contributed by atoms with van der Waals surface area (Å²) in [5, 5.41) is 6.71. The van der Waals surface area contributed by atoms with Gasteiger partial charge in [-0.05, 0) is 17.9 Å². The van der Waals surface area contributed by atoms with Crippen LogP contribution in [0.5, 0.6) is 0 Å². The van der Waals surface area contributed by atoms with Crippen molar-refractivity contribution in [3.63, 3.8) is 0 Å². The van der Waals surface area contributed by atoms with E-state index in [9.17, 15) is 9.59 Å². The molecule has 104 valence electrons. The number of hydrogen-bond acceptors (Lipinski definition) is 4. The smallest absolute Gasteiger partial charge is 0.224 e. The summed E-state index contributed by atoms with van der Waals surface area (Å²) in [5.74, 6) is -0.0800. The van der Waals surface area contributed by atoms with Crippen LogP contribution < -0.4 is 5.32 Å². The number of ether oxygens (including phenoxy) is 1. The van der Waals surface area contributed by atoms with E-state index in [1.54, 1.807) is 16.2 Å². The minimum atomic E-state index is -0.108. The third-order valence-corrected chi connectivity index (χ3v) is 3.92. The van der Waals surface area contributed by atoms with E-state index in [0.717, 1.165) is 11.3 Å². The van der Waals surface area contributed by atoms with E-state index in [1.165, 1.54) is 0 Å². The van der Waals surface area contributed by atoms with Gasteiger partial charge in [0.1, 0.15) is 0 Å². The Bertz CT molecular complexity index is 452. The summed E-state index contributed by atoms with van der Waals surface area (Å²) >= 11 is 1.55. The van der Waals surface area contributed by atoms with Crippen LogP contribution in [0.15, 0.2) is 10.8 Å². The van der Waals surface area contributed by atoms with E-state index in [1.807, 2.05) is 17.7 Å². The van der Waals surface area contributed by atoms with Crippen LogP contribution in [0.3, 0.4) is 0 Å². The van der Waals surface area contributed by atoms with E-state index in [-0.39, 0.29) is 24.7 Å². The number of amides is 2. The number of hydrogen-bond donors (Lipinski definition) is 1. The summed E-state index contributed by atoms with van der Waals surface area (Å²) in [4.78, 5) is 25.4. The van der Waals surface area contributed by atoms with Gasteiger partial charge in [-0.3, -0.25) is 9.59 Å². The highest BCUT2D eigenvalue weighted by atomic mass is 32.1. The number of nitrogens with one attached hydrogen (secondary N) is 1. The molecule has 19 heavy (non-hydrogen) atoms. The number of aryl methyl sites for hydroxylation is 1. The molecule has 1 fully saturated rings. The molecule has 0 unspecified atom stereocenters. The van der Waals surface area contributed by atoms with E-state index in [2.05, 4.69) is 5.32 Å². The molecule has 1 aliphatic rings. The molecule has 0 saturated carbocycles. The number of nitrogens with zero attached hydrogens (tertiary/aromatic N) is 1. The summed E-state index contributed by atoms with van der Waals surface area (Å²) in [7, 11) is 0. The highest BCUT2D eigenvalue weighted by Crippen LogP contribution is 2.19. The molecule has 1 aromatic rings. The fourth-order valence-electron chi connectivity index (χ4n) is 1.89. The van der Waals surface area contributed by atoms with Gasteiger partial charge >= 0.3 is 0 Å². The monoisotopic (exact) mass is 282 g/mol. The topological polar surface area (TPSA) is 58.6 Å². The van der Waals surface area contributed by atoms with Gasteiger partial charge in [0.2, 0.25) is 11.8 Å². The Hall–Kier alpha value is -1.40. The molecule has 1 aromatic heterocycles. The van der Waals surface area contributed by atoms with Crippen LogP contribution >= 0.6 is 11.3 Å². The van der Waals surface area contributed by atoms with E-state index >= 15 is 0 Å². The summed E-state index contributed by atoms with van der Waals surface area (Å²) in [6, 6.07) is 0. The highest BCUT2D eigenvalue weighted by Gasteiger charge is 2.17. The first-order valence-corrected chi connectivity index (χ1v) is 7.29. The average molecular weight is 282 g/mol. The third-order valence-electron chi connectivity index (χ3n) is 3.06. The zero-order chi connectivity index (χ0) is 13.7. The molecule has 6 heteroatoms. The summed E-state index contributed by atoms with van der Waals surface area (Å²) in [5.41, 5.74) is 1.90. The molecule has 0 aromatic carbocycles. The Morgan fingerprint density at radius 1 is 1.32 bits per heavy atom. The van der Waals surface area contributed by atoms with Gasteiger partial charge in [-0.15, -0.1) is 11.3 Å². The lowest BCUT2D eigenvalue weighted by Gasteiger charge is -2.26. The van der Waals surface area contributed by atoms with Crippen LogP contribution in [0.1, 0.15) is 18.4 Å². The molecule has 2 rings (SSSR count). The first kappa shape index (κ1) is 14.0. The molecule has 1 aliphatic heterocycles. The van der Waals surface area contributed by atoms with Crippen LogP contribution in [0.2, 0.25) is 0 Å². The molecule has 1 N–H and O–H groups in total. The third kappa shape index (κ3) is 4.04. The predicted octanol–water partition coefficient (Wildman–Crippen LogP) is 1.63. The van der Waals surface area contributed by atoms with Crippen molar-refractivity contribution >= 4 is 28.8 Å². The minimum Gasteiger partial charge on any atom is -0.378 e. The van der Waals surface area contributed by atoms with Crippen molar-refractivity contribution < 1.29 is 14.3 Å². The van der Waals surface area contributed by atoms with Crippen LogP contribution in [0.4, 0.5) is 5.69 Å². The summed E-state index contributed by atoms with van der Waals surface area (Å²) in [6.07, 6.45) is 0.487. The fraction of sp³-hybridized carbons (Fsp3) is 0.538. The van der Waals surface area contributed by atoms with Gasteiger partial charge in [0.05, 0.1) is 18.9 Å². The van der Waals surface area contributed by atoms with Crippen molar-refractivity contribution in [3.05, 3.63) is 16.3 Å². The molecule has 2 amide bonds. The summed E-state index contributed by atoms with van der Waals surface area (Å²) in [6.45, 7) is 4.39. The molecule has 0 atom stereocenters. The molecule has 0 bridgehead atoms. The normalized spacial score (nSPS) is 15.3. The molecular formula is C13H18N2O3S. The van der Waals surface area contributed by atoms with Crippen LogP contribution in [-0.2, 0) is 14.3 Å². The van der Waals surface area contributed by atoms with E-state index in [4.69, 9.17) is 4.74 Å². The Balaban J connectivity index is 1.74. The van der Waals surface area contributed by atoms with Gasteiger partial charge in [0, 0.05) is 31.3 Å². The van der Waals surface area contributed by atoms with Crippen molar-refractivity contribution in [2.24, 2.45) is 0 Å². The highest BCUT2D eigenvalue weighted by molar-refractivity contribution is 7.08. The number of thiophene rings is 1. The zero-order valence-electron chi connectivity index (χ0n) is 11.0. The lowest BCUT2D eigenvalue weighted by molar-refractivity contribution is -0.136. The Labute approximate surface area is 116 Å². The van der Waals surface area contributed by atoms with E-state index in [0.29, 0.717) is 26.3 Å². The number of morpholine rings is 1. The van der Waals surface area contributed by atoms with Crippen molar-refractivity contribution in [3.8, 4) is 0 Å². The molecule has 1 saturated heterocycles. The average Bonchev–Trinajstić information content (AvgIpc) is 2.82. The van der Waals surface area contributed by atoms with Crippen molar-refractivity contribution in [1.82, 2.24) is 4.90 Å². The second-order valence-electron chi connectivity index (χ2n) is 4.51. The second kappa shape index (κ2) is 6.68. The molecule has 5 nitrogen and oxygen atoms in total. The van der Waals surface area contributed by atoms with Crippen LogP contribution in [-0.4, -0.2) is 43.0 Å². The SMILES string of the molecule is Cc1cscc1NC(=O)CCC(=O)N1CCOCC1. The number of anilines is 1. The quantitative estimate of drug-likeness (QED) is 0.913. The number of rotatable bonds is 4. The van der Waals surface area contributed by atoms with Crippen molar-refractivity contribution in [2.75, 3.05) is 31.6 Å². The maximum atomic E-state index is 11.9. The van der Waals surface area contributed by atoms with Crippen LogP contribution in [0.25, 0.3) is 0 Å². The first-order valence-electron chi connectivity index (χ1n) is 6.35. The standard InChI is InChI=1S/C13H18N2O3S/c1-10-8-19-9-11(10)14-12(16)2-3-13(17)15-4-6-18-7-5-15/h8-9H,2-7H2,1H3,(H,14,16). The van der Waals surface area contributed by atoms with Gasteiger partial charge in [-0.2, -0.15) is 0 Å². The number of carbonyl (C=O) groups excluding carboxylic acids is 2. The molecule has 0 aliphatic carbocycles. The van der Waals surface area contributed by atoms with Crippen LogP contribution in [0, 0.1) is 6.92 Å².